The molecular weight excluding hydrogens is 371 g/mol. The number of fused-ring (bicyclic) bond motifs is 1. The number of methoxy groups -OCH3 is 2. The van der Waals surface area contributed by atoms with Crippen molar-refractivity contribution in [1.29, 1.82) is 0 Å². The summed E-state index contributed by atoms with van der Waals surface area (Å²) in [5.41, 5.74) is 5.60. The Hall–Kier alpha value is -3.48. The number of hydrogen-bond acceptors (Lipinski definition) is 5. The molecule has 3 heterocycles. The molecule has 0 saturated carbocycles. The summed E-state index contributed by atoms with van der Waals surface area (Å²) in [7, 11) is 4.86. The van der Waals surface area contributed by atoms with Gasteiger partial charge in [0.05, 0.1) is 30.9 Å². The molecule has 0 aliphatic heterocycles. The minimum atomic E-state index is -0.409. The first kappa shape index (κ1) is 18.9. The maximum absolute atomic E-state index is 14.7. The first-order chi connectivity index (χ1) is 14.0. The normalized spacial score (nSPS) is 11.1. The van der Waals surface area contributed by atoms with Crippen LogP contribution in [0.3, 0.4) is 0 Å². The van der Waals surface area contributed by atoms with E-state index >= 15 is 0 Å². The van der Waals surface area contributed by atoms with Crippen molar-refractivity contribution in [1.82, 2.24) is 19.7 Å². The number of nitrogens with zero attached hydrogens (tertiary/aromatic N) is 4. The Labute approximate surface area is 167 Å². The van der Waals surface area contributed by atoms with Gasteiger partial charge in [0, 0.05) is 54.3 Å². The van der Waals surface area contributed by atoms with Crippen LogP contribution >= 0.6 is 0 Å². The van der Waals surface area contributed by atoms with E-state index in [0.717, 1.165) is 33.5 Å². The third-order valence-corrected chi connectivity index (χ3v) is 4.83. The number of benzene rings is 1. The van der Waals surface area contributed by atoms with Gasteiger partial charge in [0.25, 0.3) is 0 Å². The average molecular weight is 392 g/mol. The largest absolute Gasteiger partial charge is 0.497 e. The van der Waals surface area contributed by atoms with Crippen molar-refractivity contribution in [3.8, 4) is 22.6 Å². The standard InChI is InChI=1S/C22H21FN4O2/c1-13-18(12-27(2)26-13)15-9-20-19(24-11-15)6-5-16(25-20)7-14-8-17(28-3)10-21(29-4)22(14)23/h5-6,8-12H,7H2,1-4H3. The van der Waals surface area contributed by atoms with Crippen molar-refractivity contribution < 1.29 is 13.9 Å². The molecule has 0 unspecified atom stereocenters. The van der Waals surface area contributed by atoms with Crippen LogP contribution in [-0.4, -0.2) is 34.0 Å². The average Bonchev–Trinajstić information content (AvgIpc) is 3.07. The van der Waals surface area contributed by atoms with Crippen molar-refractivity contribution in [2.45, 2.75) is 13.3 Å². The lowest BCUT2D eigenvalue weighted by atomic mass is 10.1. The summed E-state index contributed by atoms with van der Waals surface area (Å²) in [6.45, 7) is 1.96. The molecule has 4 aromatic rings. The van der Waals surface area contributed by atoms with Gasteiger partial charge in [-0.2, -0.15) is 5.10 Å². The molecule has 6 nitrogen and oxygen atoms in total. The summed E-state index contributed by atoms with van der Waals surface area (Å²) < 4.78 is 26.8. The molecule has 3 aromatic heterocycles. The van der Waals surface area contributed by atoms with Crippen molar-refractivity contribution >= 4 is 11.0 Å². The summed E-state index contributed by atoms with van der Waals surface area (Å²) in [6, 6.07) is 8.93. The molecule has 0 aliphatic carbocycles. The van der Waals surface area contributed by atoms with Crippen LogP contribution < -0.4 is 9.47 Å². The molecule has 0 aliphatic rings. The zero-order chi connectivity index (χ0) is 20.5. The number of aryl methyl sites for hydroxylation is 2. The molecule has 0 N–H and O–H groups in total. The Kier molecular flexibility index (Phi) is 4.88. The Bertz CT molecular complexity index is 1200. The van der Waals surface area contributed by atoms with Gasteiger partial charge in [0.1, 0.15) is 5.75 Å². The molecule has 7 heteroatoms. The number of pyridine rings is 2. The van der Waals surface area contributed by atoms with Crippen LogP contribution in [0.15, 0.2) is 42.7 Å². The van der Waals surface area contributed by atoms with E-state index in [1.165, 1.54) is 13.2 Å². The Morgan fingerprint density at radius 1 is 1.07 bits per heavy atom. The highest BCUT2D eigenvalue weighted by Gasteiger charge is 2.14. The van der Waals surface area contributed by atoms with Crippen LogP contribution in [0, 0.1) is 12.7 Å². The van der Waals surface area contributed by atoms with Gasteiger partial charge in [-0.15, -0.1) is 0 Å². The molecule has 1 aromatic carbocycles. The molecule has 0 amide bonds. The van der Waals surface area contributed by atoms with Gasteiger partial charge >= 0.3 is 0 Å². The smallest absolute Gasteiger partial charge is 0.168 e. The summed E-state index contributed by atoms with van der Waals surface area (Å²) >= 11 is 0. The molecule has 0 fully saturated rings. The summed E-state index contributed by atoms with van der Waals surface area (Å²) in [4.78, 5) is 9.22. The topological polar surface area (TPSA) is 62.1 Å². The van der Waals surface area contributed by atoms with Gasteiger partial charge < -0.3 is 9.47 Å². The minimum absolute atomic E-state index is 0.149. The molecule has 148 valence electrons. The van der Waals surface area contributed by atoms with Crippen LogP contribution in [0.5, 0.6) is 11.5 Å². The first-order valence-corrected chi connectivity index (χ1v) is 9.15. The van der Waals surface area contributed by atoms with Crippen LogP contribution in [0.1, 0.15) is 17.0 Å². The SMILES string of the molecule is COc1cc(Cc2ccc3ncc(-c4cn(C)nc4C)cc3n2)c(F)c(OC)c1. The Morgan fingerprint density at radius 2 is 1.90 bits per heavy atom. The van der Waals surface area contributed by atoms with Gasteiger partial charge in [-0.1, -0.05) is 0 Å². The molecule has 0 bridgehead atoms. The van der Waals surface area contributed by atoms with E-state index in [0.29, 0.717) is 17.7 Å². The fraction of sp³-hybridized carbons (Fsp3) is 0.227. The van der Waals surface area contributed by atoms with E-state index in [1.807, 2.05) is 44.6 Å². The van der Waals surface area contributed by atoms with Gasteiger partial charge in [-0.3, -0.25) is 14.6 Å². The second-order valence-corrected chi connectivity index (χ2v) is 6.85. The lowest BCUT2D eigenvalue weighted by Crippen LogP contribution is -2.00. The van der Waals surface area contributed by atoms with E-state index in [1.54, 1.807) is 17.9 Å². The molecule has 0 atom stereocenters. The fourth-order valence-electron chi connectivity index (χ4n) is 3.40. The van der Waals surface area contributed by atoms with Gasteiger partial charge in [-0.05, 0) is 31.2 Å². The lowest BCUT2D eigenvalue weighted by molar-refractivity contribution is 0.371. The molecular formula is C22H21FN4O2. The molecule has 29 heavy (non-hydrogen) atoms. The van der Waals surface area contributed by atoms with Gasteiger partial charge in [-0.25, -0.2) is 4.39 Å². The van der Waals surface area contributed by atoms with Crippen LogP contribution in [-0.2, 0) is 13.5 Å². The van der Waals surface area contributed by atoms with Gasteiger partial charge in [0.2, 0.25) is 0 Å². The zero-order valence-corrected chi connectivity index (χ0v) is 16.7. The maximum Gasteiger partial charge on any atom is 0.168 e. The molecule has 4 rings (SSSR count). The van der Waals surface area contributed by atoms with Crippen LogP contribution in [0.4, 0.5) is 4.39 Å². The van der Waals surface area contributed by atoms with Crippen molar-refractivity contribution in [3.05, 3.63) is 65.5 Å². The third-order valence-electron chi connectivity index (χ3n) is 4.83. The number of aromatic nitrogens is 4. The summed E-state index contributed by atoms with van der Waals surface area (Å²) in [5.74, 6) is 0.277. The molecule has 0 saturated heterocycles. The first-order valence-electron chi connectivity index (χ1n) is 9.15. The lowest BCUT2D eigenvalue weighted by Gasteiger charge is -2.11. The second-order valence-electron chi connectivity index (χ2n) is 6.85. The number of ether oxygens (including phenoxy) is 2. The third kappa shape index (κ3) is 3.63. The van der Waals surface area contributed by atoms with E-state index in [2.05, 4.69) is 10.1 Å². The fourth-order valence-corrected chi connectivity index (χ4v) is 3.40. The van der Waals surface area contributed by atoms with Crippen molar-refractivity contribution in [2.75, 3.05) is 14.2 Å². The van der Waals surface area contributed by atoms with Crippen molar-refractivity contribution in [3.63, 3.8) is 0 Å². The number of rotatable bonds is 5. The zero-order valence-electron chi connectivity index (χ0n) is 16.7. The van der Waals surface area contributed by atoms with E-state index in [9.17, 15) is 4.39 Å². The van der Waals surface area contributed by atoms with Crippen LogP contribution in [0.2, 0.25) is 0 Å². The highest BCUT2D eigenvalue weighted by molar-refractivity contribution is 5.80. The van der Waals surface area contributed by atoms with Crippen molar-refractivity contribution in [2.24, 2.45) is 7.05 Å². The Morgan fingerprint density at radius 3 is 2.59 bits per heavy atom. The number of hydrogen-bond donors (Lipinski definition) is 0. The van der Waals surface area contributed by atoms with E-state index in [4.69, 9.17) is 14.5 Å². The highest BCUT2D eigenvalue weighted by Crippen LogP contribution is 2.29. The summed E-state index contributed by atoms with van der Waals surface area (Å²) in [5, 5.41) is 4.39. The monoisotopic (exact) mass is 392 g/mol. The van der Waals surface area contributed by atoms with Crippen LogP contribution in [0.25, 0.3) is 22.2 Å². The van der Waals surface area contributed by atoms with E-state index in [-0.39, 0.29) is 5.75 Å². The quantitative estimate of drug-likeness (QED) is 0.512. The predicted molar refractivity (Wildman–Crippen MR) is 109 cm³/mol. The predicted octanol–water partition coefficient (Wildman–Crippen LogP) is 4.09. The Balaban J connectivity index is 1.73. The molecule has 0 radical (unpaired) electrons. The van der Waals surface area contributed by atoms with Gasteiger partial charge in [0.15, 0.2) is 11.6 Å². The maximum atomic E-state index is 14.7. The second kappa shape index (κ2) is 7.50. The van der Waals surface area contributed by atoms with E-state index < -0.39 is 5.82 Å². The summed E-state index contributed by atoms with van der Waals surface area (Å²) in [6.07, 6.45) is 4.09. The highest BCUT2D eigenvalue weighted by atomic mass is 19.1. The minimum Gasteiger partial charge on any atom is -0.497 e. The molecule has 0 spiro atoms. The number of halogens is 1.